The molecule has 0 aliphatic carbocycles. The summed E-state index contributed by atoms with van der Waals surface area (Å²) in [7, 11) is 0. The van der Waals surface area contributed by atoms with Crippen LogP contribution in [0.1, 0.15) is 31.1 Å². The van der Waals surface area contributed by atoms with E-state index in [1.807, 2.05) is 24.3 Å². The number of halogens is 1. The number of para-hydroxylation sites is 1. The highest BCUT2D eigenvalue weighted by Gasteiger charge is 2.38. The quantitative estimate of drug-likeness (QED) is 0.675. The average molecular weight is 356 g/mol. The fourth-order valence-electron chi connectivity index (χ4n) is 3.37. The van der Waals surface area contributed by atoms with Gasteiger partial charge in [0.2, 0.25) is 0 Å². The molecule has 1 N–H and O–H groups in total. The first-order valence-electron chi connectivity index (χ1n) is 8.09. The fraction of sp³-hybridized carbons (Fsp3) is 0.263. The first kappa shape index (κ1) is 16.0. The maximum atomic E-state index is 12.1. The Bertz CT molecular complexity index is 993. The summed E-state index contributed by atoms with van der Waals surface area (Å²) in [6.07, 6.45) is 3.39. The molecule has 1 aliphatic rings. The van der Waals surface area contributed by atoms with Gasteiger partial charge in [-0.3, -0.25) is 4.79 Å². The van der Waals surface area contributed by atoms with Gasteiger partial charge in [-0.1, -0.05) is 23.7 Å². The molecule has 128 valence electrons. The summed E-state index contributed by atoms with van der Waals surface area (Å²) in [6.45, 7) is 6.21. The molecule has 2 aromatic heterocycles. The van der Waals surface area contributed by atoms with Crippen molar-refractivity contribution in [1.29, 1.82) is 0 Å². The molecule has 0 bridgehead atoms. The van der Waals surface area contributed by atoms with Crippen LogP contribution in [0.15, 0.2) is 36.7 Å². The molecule has 3 aromatic rings. The summed E-state index contributed by atoms with van der Waals surface area (Å²) in [4.78, 5) is 21.8. The minimum absolute atomic E-state index is 0.0241. The summed E-state index contributed by atoms with van der Waals surface area (Å²) in [5.41, 5.74) is 2.60. The van der Waals surface area contributed by atoms with Gasteiger partial charge in [-0.25, -0.2) is 4.98 Å². The third-order valence-corrected chi connectivity index (χ3v) is 4.84. The van der Waals surface area contributed by atoms with E-state index >= 15 is 0 Å². The van der Waals surface area contributed by atoms with Crippen molar-refractivity contribution in [1.82, 2.24) is 9.97 Å². The molecule has 6 heteroatoms. The predicted octanol–water partition coefficient (Wildman–Crippen LogP) is 4.73. The molecule has 5 nitrogen and oxygen atoms in total. The van der Waals surface area contributed by atoms with Crippen molar-refractivity contribution in [3.8, 4) is 5.75 Å². The fourth-order valence-corrected chi connectivity index (χ4v) is 3.59. The Morgan fingerprint density at radius 2 is 2.12 bits per heavy atom. The van der Waals surface area contributed by atoms with Crippen molar-refractivity contribution in [2.45, 2.75) is 26.3 Å². The van der Waals surface area contributed by atoms with Gasteiger partial charge in [0, 0.05) is 11.8 Å². The SMILES string of the molecule is CC(=O)c1c[nH]c2ncc3c(c12)N(c1ccccc1Cl)C(C)(C)CO3. The van der Waals surface area contributed by atoms with Crippen LogP contribution >= 0.6 is 11.6 Å². The second kappa shape index (κ2) is 5.49. The van der Waals surface area contributed by atoms with Gasteiger partial charge in [-0.05, 0) is 32.9 Å². The molecule has 0 spiro atoms. The number of H-pyrrole nitrogens is 1. The van der Waals surface area contributed by atoms with Gasteiger partial charge in [0.25, 0.3) is 0 Å². The smallest absolute Gasteiger partial charge is 0.162 e. The van der Waals surface area contributed by atoms with Crippen molar-refractivity contribution < 1.29 is 9.53 Å². The van der Waals surface area contributed by atoms with Crippen LogP contribution in [-0.4, -0.2) is 27.9 Å². The highest BCUT2D eigenvalue weighted by molar-refractivity contribution is 6.33. The molecular weight excluding hydrogens is 338 g/mol. The zero-order valence-electron chi connectivity index (χ0n) is 14.3. The van der Waals surface area contributed by atoms with E-state index in [1.54, 1.807) is 19.3 Å². The lowest BCUT2D eigenvalue weighted by molar-refractivity contribution is 0.101. The largest absolute Gasteiger partial charge is 0.487 e. The molecule has 3 heterocycles. The Morgan fingerprint density at radius 1 is 1.36 bits per heavy atom. The van der Waals surface area contributed by atoms with E-state index in [0.717, 1.165) is 16.8 Å². The predicted molar refractivity (Wildman–Crippen MR) is 99.3 cm³/mol. The average Bonchev–Trinajstić information content (AvgIpc) is 3.00. The normalized spacial score (nSPS) is 15.8. The minimum atomic E-state index is -0.350. The van der Waals surface area contributed by atoms with Crippen molar-refractivity contribution in [3.63, 3.8) is 0 Å². The lowest BCUT2D eigenvalue weighted by Gasteiger charge is -2.45. The summed E-state index contributed by atoms with van der Waals surface area (Å²) >= 11 is 6.51. The number of aromatic nitrogens is 2. The van der Waals surface area contributed by atoms with Crippen LogP contribution < -0.4 is 9.64 Å². The van der Waals surface area contributed by atoms with E-state index in [9.17, 15) is 4.79 Å². The van der Waals surface area contributed by atoms with Crippen LogP contribution in [0, 0.1) is 0 Å². The van der Waals surface area contributed by atoms with Gasteiger partial charge in [-0.15, -0.1) is 0 Å². The molecule has 25 heavy (non-hydrogen) atoms. The van der Waals surface area contributed by atoms with Crippen LogP contribution in [0.3, 0.4) is 0 Å². The lowest BCUT2D eigenvalue weighted by atomic mass is 9.97. The molecule has 0 amide bonds. The summed E-state index contributed by atoms with van der Waals surface area (Å²) in [5.74, 6) is 0.623. The van der Waals surface area contributed by atoms with Gasteiger partial charge in [0.1, 0.15) is 12.3 Å². The van der Waals surface area contributed by atoms with E-state index in [4.69, 9.17) is 16.3 Å². The number of ether oxygens (including phenoxy) is 1. The first-order valence-corrected chi connectivity index (χ1v) is 8.46. The molecule has 4 rings (SSSR count). The zero-order chi connectivity index (χ0) is 17.8. The van der Waals surface area contributed by atoms with E-state index in [0.29, 0.717) is 28.6 Å². The molecule has 0 saturated carbocycles. The molecule has 0 fully saturated rings. The summed E-state index contributed by atoms with van der Waals surface area (Å²) in [5, 5.41) is 1.41. The topological polar surface area (TPSA) is 58.2 Å². The number of carbonyl (C=O) groups is 1. The minimum Gasteiger partial charge on any atom is -0.487 e. The molecule has 0 radical (unpaired) electrons. The van der Waals surface area contributed by atoms with Gasteiger partial charge in [0.05, 0.1) is 33.5 Å². The Hall–Kier alpha value is -2.53. The van der Waals surface area contributed by atoms with Gasteiger partial charge in [-0.2, -0.15) is 0 Å². The third-order valence-electron chi connectivity index (χ3n) is 4.52. The number of hydrogen-bond donors (Lipinski definition) is 1. The highest BCUT2D eigenvalue weighted by atomic mass is 35.5. The number of benzene rings is 1. The van der Waals surface area contributed by atoms with Crippen molar-refractivity contribution >= 4 is 39.8 Å². The van der Waals surface area contributed by atoms with Crippen LogP contribution in [0.5, 0.6) is 5.75 Å². The van der Waals surface area contributed by atoms with E-state index in [1.165, 1.54) is 0 Å². The number of Topliss-reactive ketones (excluding diaryl/α,β-unsaturated/α-hetero) is 1. The Kier molecular flexibility index (Phi) is 3.51. The third kappa shape index (κ3) is 2.38. The standard InChI is InChI=1S/C19H18ClN3O2/c1-11(24)12-8-21-18-16(12)17-15(9-22-18)25-10-19(2,3)23(17)14-7-5-4-6-13(14)20/h4-9H,10H2,1-3H3,(H,21,22). The zero-order valence-corrected chi connectivity index (χ0v) is 15.0. The van der Waals surface area contributed by atoms with Crippen molar-refractivity contribution in [3.05, 3.63) is 47.2 Å². The van der Waals surface area contributed by atoms with Crippen molar-refractivity contribution in [2.24, 2.45) is 0 Å². The maximum Gasteiger partial charge on any atom is 0.162 e. The van der Waals surface area contributed by atoms with Crippen LogP contribution in [0.2, 0.25) is 5.02 Å². The number of fused-ring (bicyclic) bond motifs is 3. The maximum absolute atomic E-state index is 12.1. The monoisotopic (exact) mass is 355 g/mol. The van der Waals surface area contributed by atoms with E-state index in [-0.39, 0.29) is 11.3 Å². The van der Waals surface area contributed by atoms with Crippen LogP contribution in [-0.2, 0) is 0 Å². The molecule has 0 atom stereocenters. The number of aromatic amines is 1. The first-order chi connectivity index (χ1) is 11.9. The summed E-state index contributed by atoms with van der Waals surface area (Å²) in [6, 6.07) is 7.70. The molecule has 0 unspecified atom stereocenters. The molecular formula is C19H18ClN3O2. The number of pyridine rings is 1. The number of rotatable bonds is 2. The lowest BCUT2D eigenvalue weighted by Crippen LogP contribution is -2.48. The second-order valence-electron chi connectivity index (χ2n) is 6.84. The Labute approximate surface area is 150 Å². The van der Waals surface area contributed by atoms with Gasteiger partial charge < -0.3 is 14.6 Å². The summed E-state index contributed by atoms with van der Waals surface area (Å²) < 4.78 is 5.97. The number of hydrogen-bond acceptors (Lipinski definition) is 4. The molecule has 1 aliphatic heterocycles. The molecule has 0 saturated heterocycles. The van der Waals surface area contributed by atoms with E-state index in [2.05, 4.69) is 28.7 Å². The number of nitrogens with zero attached hydrogens (tertiary/aromatic N) is 2. The van der Waals surface area contributed by atoms with Crippen molar-refractivity contribution in [2.75, 3.05) is 11.5 Å². The number of carbonyl (C=O) groups excluding carboxylic acids is 1. The number of ketones is 1. The number of nitrogens with one attached hydrogen (secondary N) is 1. The van der Waals surface area contributed by atoms with Gasteiger partial charge >= 0.3 is 0 Å². The Balaban J connectivity index is 2.10. The highest BCUT2D eigenvalue weighted by Crippen LogP contribution is 2.49. The Morgan fingerprint density at radius 3 is 2.84 bits per heavy atom. The number of anilines is 2. The van der Waals surface area contributed by atoms with E-state index < -0.39 is 0 Å². The van der Waals surface area contributed by atoms with Gasteiger partial charge in [0.15, 0.2) is 11.5 Å². The molecule has 1 aromatic carbocycles. The second-order valence-corrected chi connectivity index (χ2v) is 7.25. The van der Waals surface area contributed by atoms with Crippen LogP contribution in [0.25, 0.3) is 11.0 Å². The van der Waals surface area contributed by atoms with Crippen LogP contribution in [0.4, 0.5) is 11.4 Å².